The summed E-state index contributed by atoms with van der Waals surface area (Å²) in [5, 5.41) is 14.5. The Labute approximate surface area is 181 Å². The molecular weight excluding hydrogens is 380 g/mol. The molecule has 4 aromatic carbocycles. The molecule has 0 atom stereocenters. The van der Waals surface area contributed by atoms with Gasteiger partial charge in [-0.05, 0) is 34.4 Å². The second-order valence-corrected chi connectivity index (χ2v) is 7.53. The van der Waals surface area contributed by atoms with Crippen LogP contribution in [0, 0.1) is 0 Å². The minimum Gasteiger partial charge on any atom is -0.508 e. The summed E-state index contributed by atoms with van der Waals surface area (Å²) in [5.74, 6) is 0.253. The monoisotopic (exact) mass is 402 g/mol. The molecule has 150 valence electrons. The molecule has 5 rings (SSSR count). The Bertz CT molecular complexity index is 1160. The van der Waals surface area contributed by atoms with Gasteiger partial charge in [0.1, 0.15) is 11.3 Å². The van der Waals surface area contributed by atoms with Gasteiger partial charge in [-0.1, -0.05) is 103 Å². The summed E-state index contributed by atoms with van der Waals surface area (Å²) in [4.78, 5) is 0. The van der Waals surface area contributed by atoms with Crippen molar-refractivity contribution >= 4 is 0 Å². The highest BCUT2D eigenvalue weighted by molar-refractivity contribution is 5.63. The van der Waals surface area contributed by atoms with Crippen LogP contribution in [0.1, 0.15) is 16.7 Å². The topological polar surface area (TPSA) is 38.1 Å². The van der Waals surface area contributed by atoms with Crippen molar-refractivity contribution in [2.75, 3.05) is 0 Å². The Kier molecular flexibility index (Phi) is 4.85. The van der Waals surface area contributed by atoms with Crippen molar-refractivity contribution in [2.45, 2.75) is 5.54 Å². The lowest BCUT2D eigenvalue weighted by Gasteiger charge is -2.36. The van der Waals surface area contributed by atoms with E-state index in [1.165, 1.54) is 0 Å². The maximum atomic E-state index is 9.66. The van der Waals surface area contributed by atoms with E-state index in [2.05, 4.69) is 83.7 Å². The van der Waals surface area contributed by atoms with Gasteiger partial charge in [-0.25, -0.2) is 0 Å². The fourth-order valence-electron chi connectivity index (χ4n) is 4.24. The summed E-state index contributed by atoms with van der Waals surface area (Å²) in [5.41, 5.74) is 4.77. The first kappa shape index (κ1) is 18.9. The molecule has 0 aliphatic rings. The molecule has 0 radical (unpaired) electrons. The number of rotatable bonds is 5. The van der Waals surface area contributed by atoms with Crippen molar-refractivity contribution < 1.29 is 5.11 Å². The van der Waals surface area contributed by atoms with Crippen LogP contribution in [0.3, 0.4) is 0 Å². The number of hydrogen-bond donors (Lipinski definition) is 1. The number of aromatic nitrogens is 2. The zero-order valence-corrected chi connectivity index (χ0v) is 17.0. The van der Waals surface area contributed by atoms with Gasteiger partial charge in [-0.15, -0.1) is 0 Å². The average molecular weight is 402 g/mol. The number of benzene rings is 4. The lowest BCUT2D eigenvalue weighted by molar-refractivity contribution is 0.460. The normalized spacial score (nSPS) is 11.4. The van der Waals surface area contributed by atoms with E-state index in [-0.39, 0.29) is 5.75 Å². The van der Waals surface area contributed by atoms with Crippen LogP contribution in [0.15, 0.2) is 128 Å². The molecular formula is C28H22N2O. The van der Waals surface area contributed by atoms with Crippen LogP contribution in [0.5, 0.6) is 5.75 Å². The van der Waals surface area contributed by atoms with E-state index in [0.29, 0.717) is 0 Å². The third-order valence-corrected chi connectivity index (χ3v) is 5.70. The van der Waals surface area contributed by atoms with Gasteiger partial charge in [0, 0.05) is 11.8 Å². The molecule has 5 aromatic rings. The second kappa shape index (κ2) is 7.96. The molecule has 0 saturated heterocycles. The highest BCUT2D eigenvalue weighted by Crippen LogP contribution is 2.41. The van der Waals surface area contributed by atoms with Crippen LogP contribution in [-0.2, 0) is 5.54 Å². The van der Waals surface area contributed by atoms with Crippen LogP contribution in [0.4, 0.5) is 0 Å². The van der Waals surface area contributed by atoms with Crippen molar-refractivity contribution in [1.29, 1.82) is 0 Å². The maximum absolute atomic E-state index is 9.66. The molecule has 0 saturated carbocycles. The van der Waals surface area contributed by atoms with Crippen molar-refractivity contribution in [3.8, 4) is 16.9 Å². The Morgan fingerprint density at radius 2 is 1.00 bits per heavy atom. The molecule has 0 spiro atoms. The van der Waals surface area contributed by atoms with E-state index in [9.17, 15) is 5.11 Å². The molecule has 0 aliphatic carbocycles. The molecule has 0 bridgehead atoms. The lowest BCUT2D eigenvalue weighted by atomic mass is 9.77. The van der Waals surface area contributed by atoms with Crippen LogP contribution < -0.4 is 0 Å². The molecule has 1 N–H and O–H groups in total. The second-order valence-electron chi connectivity index (χ2n) is 7.53. The predicted octanol–water partition coefficient (Wildman–Crippen LogP) is 6.10. The minimum atomic E-state index is -0.626. The SMILES string of the molecule is Oc1ccc(-c2cnn(C(c3ccccc3)(c3ccccc3)c3ccccc3)c2)cc1. The summed E-state index contributed by atoms with van der Waals surface area (Å²) in [6.45, 7) is 0. The van der Waals surface area contributed by atoms with Crippen LogP contribution in [0.25, 0.3) is 11.1 Å². The first-order chi connectivity index (χ1) is 15.3. The standard InChI is InChI=1S/C28H22N2O/c31-27-18-16-22(17-19-27)23-20-29-30(21-23)28(24-10-4-1-5-11-24,25-12-6-2-7-13-25)26-14-8-3-9-15-26/h1-21,31H. The molecule has 0 unspecified atom stereocenters. The first-order valence-electron chi connectivity index (χ1n) is 10.3. The van der Waals surface area contributed by atoms with Crippen LogP contribution in [0.2, 0.25) is 0 Å². The number of aromatic hydroxyl groups is 1. The molecule has 0 aliphatic heterocycles. The van der Waals surface area contributed by atoms with E-state index in [4.69, 9.17) is 5.10 Å². The fourth-order valence-corrected chi connectivity index (χ4v) is 4.24. The molecule has 0 fully saturated rings. The molecule has 1 aromatic heterocycles. The Morgan fingerprint density at radius 1 is 0.548 bits per heavy atom. The Balaban J connectivity index is 1.80. The number of phenolic OH excluding ortho intramolecular Hbond substituents is 1. The summed E-state index contributed by atoms with van der Waals surface area (Å²) < 4.78 is 2.05. The third kappa shape index (κ3) is 3.30. The van der Waals surface area contributed by atoms with E-state index >= 15 is 0 Å². The highest BCUT2D eigenvalue weighted by atomic mass is 16.3. The van der Waals surface area contributed by atoms with E-state index < -0.39 is 5.54 Å². The van der Waals surface area contributed by atoms with Gasteiger partial charge in [0.2, 0.25) is 0 Å². The molecule has 1 heterocycles. The van der Waals surface area contributed by atoms with Gasteiger partial charge in [0.15, 0.2) is 0 Å². The van der Waals surface area contributed by atoms with E-state index in [1.807, 2.05) is 36.5 Å². The van der Waals surface area contributed by atoms with Crippen molar-refractivity contribution in [1.82, 2.24) is 9.78 Å². The van der Waals surface area contributed by atoms with Gasteiger partial charge in [-0.3, -0.25) is 4.68 Å². The van der Waals surface area contributed by atoms with Crippen molar-refractivity contribution in [3.05, 3.63) is 144 Å². The fraction of sp³-hybridized carbons (Fsp3) is 0.0357. The minimum absolute atomic E-state index is 0.253. The Morgan fingerprint density at radius 3 is 1.45 bits per heavy atom. The zero-order valence-electron chi connectivity index (χ0n) is 17.0. The van der Waals surface area contributed by atoms with E-state index in [0.717, 1.165) is 27.8 Å². The Hall–Kier alpha value is -4.11. The summed E-state index contributed by atoms with van der Waals surface area (Å²) in [6.07, 6.45) is 3.97. The number of nitrogens with zero attached hydrogens (tertiary/aromatic N) is 2. The van der Waals surface area contributed by atoms with Gasteiger partial charge in [0.25, 0.3) is 0 Å². The molecule has 31 heavy (non-hydrogen) atoms. The summed E-state index contributed by atoms with van der Waals surface area (Å²) in [7, 11) is 0. The number of hydrogen-bond acceptors (Lipinski definition) is 2. The number of phenols is 1. The van der Waals surface area contributed by atoms with Gasteiger partial charge >= 0.3 is 0 Å². The van der Waals surface area contributed by atoms with Crippen LogP contribution in [-0.4, -0.2) is 14.9 Å². The van der Waals surface area contributed by atoms with Crippen molar-refractivity contribution in [3.63, 3.8) is 0 Å². The highest BCUT2D eigenvalue weighted by Gasteiger charge is 2.39. The van der Waals surface area contributed by atoms with Gasteiger partial charge in [0.05, 0.1) is 6.20 Å². The quantitative estimate of drug-likeness (QED) is 0.361. The molecule has 3 heteroatoms. The van der Waals surface area contributed by atoms with Gasteiger partial charge in [-0.2, -0.15) is 5.10 Å². The van der Waals surface area contributed by atoms with Gasteiger partial charge < -0.3 is 5.11 Å². The van der Waals surface area contributed by atoms with Crippen molar-refractivity contribution in [2.24, 2.45) is 0 Å². The first-order valence-corrected chi connectivity index (χ1v) is 10.3. The summed E-state index contributed by atoms with van der Waals surface area (Å²) >= 11 is 0. The van der Waals surface area contributed by atoms with E-state index in [1.54, 1.807) is 12.1 Å². The van der Waals surface area contributed by atoms with Crippen LogP contribution >= 0.6 is 0 Å². The molecule has 0 amide bonds. The third-order valence-electron chi connectivity index (χ3n) is 5.70. The summed E-state index contributed by atoms with van der Waals surface area (Å²) in [6, 6.07) is 38.7. The smallest absolute Gasteiger partial charge is 0.138 e. The molecule has 3 nitrogen and oxygen atoms in total. The maximum Gasteiger partial charge on any atom is 0.138 e. The zero-order chi connectivity index (χ0) is 21.1. The largest absolute Gasteiger partial charge is 0.508 e. The lowest BCUT2D eigenvalue weighted by Crippen LogP contribution is -2.38. The average Bonchev–Trinajstić information content (AvgIpc) is 3.33. The predicted molar refractivity (Wildman–Crippen MR) is 124 cm³/mol.